The Morgan fingerprint density at radius 3 is 2.32 bits per heavy atom. The zero-order valence-corrected chi connectivity index (χ0v) is 18.2. The zero-order valence-electron chi connectivity index (χ0n) is 18.2. The molecule has 0 atom stereocenters. The second-order valence-corrected chi connectivity index (χ2v) is 8.39. The number of nitrogens with zero attached hydrogens (tertiary/aromatic N) is 1. The number of quaternary nitrogens is 2. The fourth-order valence-corrected chi connectivity index (χ4v) is 4.27. The summed E-state index contributed by atoms with van der Waals surface area (Å²) >= 11 is 0. The number of piperazine rings is 1. The molecule has 2 aromatic rings. The van der Waals surface area contributed by atoms with Gasteiger partial charge in [-0.25, -0.2) is 0 Å². The van der Waals surface area contributed by atoms with Gasteiger partial charge >= 0.3 is 0 Å². The first-order valence-electron chi connectivity index (χ1n) is 11.4. The Hall–Kier alpha value is -2.67. The van der Waals surface area contributed by atoms with Gasteiger partial charge in [0.05, 0.1) is 19.8 Å². The molecule has 0 bridgehead atoms. The molecule has 0 aromatic heterocycles. The molecule has 0 unspecified atom stereocenters. The standard InChI is InChI=1S/C25H32N4O2/c30-25(26-23-8-10-24(11-9-23)29-17-19-31-20-18-29)21-28-15-13-27(14-16-28)12-4-7-22-5-2-1-3-6-22/h1-11H,12-21H2,(H,26,30)/p+2/b7-4+. The highest BCUT2D eigenvalue weighted by Crippen LogP contribution is 2.18. The van der Waals surface area contributed by atoms with Crippen LogP contribution in [0.3, 0.4) is 0 Å². The van der Waals surface area contributed by atoms with Crippen molar-refractivity contribution in [2.75, 3.05) is 75.8 Å². The molecule has 0 aliphatic carbocycles. The predicted octanol–water partition coefficient (Wildman–Crippen LogP) is -0.0415. The van der Waals surface area contributed by atoms with Gasteiger partial charge in [-0.2, -0.15) is 0 Å². The number of amides is 1. The van der Waals surface area contributed by atoms with Gasteiger partial charge in [-0.05, 0) is 35.9 Å². The van der Waals surface area contributed by atoms with Crippen LogP contribution in [0, 0.1) is 0 Å². The van der Waals surface area contributed by atoms with Crippen LogP contribution in [0.2, 0.25) is 0 Å². The first-order chi connectivity index (χ1) is 15.3. The average molecular weight is 423 g/mol. The molecule has 0 radical (unpaired) electrons. The monoisotopic (exact) mass is 422 g/mol. The lowest BCUT2D eigenvalue weighted by molar-refractivity contribution is -1.01. The lowest BCUT2D eigenvalue weighted by Gasteiger charge is -2.29. The highest BCUT2D eigenvalue weighted by Gasteiger charge is 2.24. The summed E-state index contributed by atoms with van der Waals surface area (Å²) in [6, 6.07) is 18.6. The van der Waals surface area contributed by atoms with E-state index in [-0.39, 0.29) is 5.91 Å². The lowest BCUT2D eigenvalue weighted by Crippen LogP contribution is -3.28. The van der Waals surface area contributed by atoms with Crippen LogP contribution in [-0.2, 0) is 9.53 Å². The number of carbonyl (C=O) groups excluding carboxylic acids is 1. The molecule has 4 rings (SSSR count). The summed E-state index contributed by atoms with van der Waals surface area (Å²) in [4.78, 5) is 17.8. The van der Waals surface area contributed by atoms with E-state index in [0.717, 1.165) is 64.7 Å². The summed E-state index contributed by atoms with van der Waals surface area (Å²) < 4.78 is 5.41. The Kier molecular flexibility index (Phi) is 7.71. The topological polar surface area (TPSA) is 50.5 Å². The number of rotatable bonds is 7. The summed E-state index contributed by atoms with van der Waals surface area (Å²) in [6.07, 6.45) is 4.47. The van der Waals surface area contributed by atoms with E-state index in [9.17, 15) is 4.79 Å². The molecule has 0 spiro atoms. The smallest absolute Gasteiger partial charge is 0.279 e. The first kappa shape index (κ1) is 21.6. The summed E-state index contributed by atoms with van der Waals surface area (Å²) in [7, 11) is 0. The molecule has 1 amide bonds. The predicted molar refractivity (Wildman–Crippen MR) is 125 cm³/mol. The summed E-state index contributed by atoms with van der Waals surface area (Å²) in [5.74, 6) is 0.0987. The van der Waals surface area contributed by atoms with Gasteiger partial charge in [0.1, 0.15) is 26.2 Å². The van der Waals surface area contributed by atoms with Crippen LogP contribution >= 0.6 is 0 Å². The number of morpholine rings is 1. The van der Waals surface area contributed by atoms with Crippen molar-refractivity contribution >= 4 is 23.4 Å². The molecule has 31 heavy (non-hydrogen) atoms. The average Bonchev–Trinajstić information content (AvgIpc) is 2.82. The molecule has 2 aliphatic rings. The fraction of sp³-hybridized carbons (Fsp3) is 0.400. The molecular formula is C25H34N4O2+2. The fourth-order valence-electron chi connectivity index (χ4n) is 4.27. The van der Waals surface area contributed by atoms with Crippen molar-refractivity contribution < 1.29 is 19.3 Å². The van der Waals surface area contributed by atoms with Gasteiger partial charge in [0.15, 0.2) is 6.54 Å². The van der Waals surface area contributed by atoms with Gasteiger partial charge in [-0.3, -0.25) is 4.79 Å². The number of anilines is 2. The number of nitrogens with one attached hydrogen (secondary N) is 3. The van der Waals surface area contributed by atoms with Gasteiger partial charge in [-0.1, -0.05) is 36.4 Å². The third kappa shape index (κ3) is 6.66. The van der Waals surface area contributed by atoms with Crippen LogP contribution in [0.25, 0.3) is 6.08 Å². The van der Waals surface area contributed by atoms with E-state index < -0.39 is 0 Å². The van der Waals surface area contributed by atoms with Gasteiger partial charge in [0.2, 0.25) is 0 Å². The summed E-state index contributed by atoms with van der Waals surface area (Å²) in [6.45, 7) is 9.28. The van der Waals surface area contributed by atoms with E-state index in [2.05, 4.69) is 58.8 Å². The Labute approximate surface area is 185 Å². The minimum Gasteiger partial charge on any atom is -0.378 e. The van der Waals surface area contributed by atoms with Gasteiger partial charge in [-0.15, -0.1) is 0 Å². The molecule has 2 heterocycles. The van der Waals surface area contributed by atoms with Crippen molar-refractivity contribution in [1.29, 1.82) is 0 Å². The quantitative estimate of drug-likeness (QED) is 0.587. The van der Waals surface area contributed by atoms with Crippen LogP contribution in [-0.4, -0.2) is 71.5 Å². The van der Waals surface area contributed by atoms with Crippen molar-refractivity contribution in [2.45, 2.75) is 0 Å². The number of hydrogen-bond acceptors (Lipinski definition) is 3. The number of carbonyl (C=O) groups is 1. The van der Waals surface area contributed by atoms with E-state index in [1.807, 2.05) is 18.2 Å². The SMILES string of the molecule is O=C(C[NH+]1CC[NH+](C/C=C/c2ccccc2)CC1)Nc1ccc(N2CCOCC2)cc1. The molecule has 0 saturated carbocycles. The molecule has 3 N–H and O–H groups in total. The van der Waals surface area contributed by atoms with Gasteiger partial charge < -0.3 is 24.8 Å². The minimum atomic E-state index is 0.0987. The Bertz CT molecular complexity index is 840. The zero-order chi connectivity index (χ0) is 21.3. The van der Waals surface area contributed by atoms with Gasteiger partial charge in [0.25, 0.3) is 5.91 Å². The largest absolute Gasteiger partial charge is 0.378 e. The summed E-state index contributed by atoms with van der Waals surface area (Å²) in [5, 5.41) is 3.06. The maximum Gasteiger partial charge on any atom is 0.279 e. The van der Waals surface area contributed by atoms with Crippen molar-refractivity contribution in [1.82, 2.24) is 0 Å². The molecule has 2 aliphatic heterocycles. The van der Waals surface area contributed by atoms with E-state index >= 15 is 0 Å². The molecule has 2 aromatic carbocycles. The van der Waals surface area contributed by atoms with Crippen molar-refractivity contribution in [2.24, 2.45) is 0 Å². The second-order valence-electron chi connectivity index (χ2n) is 8.39. The van der Waals surface area contributed by atoms with Crippen molar-refractivity contribution in [3.05, 3.63) is 66.2 Å². The second kappa shape index (κ2) is 11.1. The molecule has 6 nitrogen and oxygen atoms in total. The van der Waals surface area contributed by atoms with E-state index in [4.69, 9.17) is 4.74 Å². The van der Waals surface area contributed by atoms with Crippen LogP contribution in [0.5, 0.6) is 0 Å². The van der Waals surface area contributed by atoms with E-state index in [1.165, 1.54) is 16.2 Å². The number of ether oxygens (including phenoxy) is 1. The number of benzene rings is 2. The normalized spacial score (nSPS) is 21.9. The van der Waals surface area contributed by atoms with Crippen LogP contribution in [0.15, 0.2) is 60.7 Å². The highest BCUT2D eigenvalue weighted by atomic mass is 16.5. The third-order valence-corrected chi connectivity index (χ3v) is 6.12. The minimum absolute atomic E-state index is 0.0987. The van der Waals surface area contributed by atoms with Crippen molar-refractivity contribution in [3.8, 4) is 0 Å². The van der Waals surface area contributed by atoms with E-state index in [1.54, 1.807) is 4.90 Å². The Balaban J connectivity index is 1.16. The Morgan fingerprint density at radius 1 is 0.935 bits per heavy atom. The first-order valence-corrected chi connectivity index (χ1v) is 11.4. The molecule has 2 saturated heterocycles. The van der Waals surface area contributed by atoms with Crippen LogP contribution < -0.4 is 20.0 Å². The van der Waals surface area contributed by atoms with Gasteiger partial charge in [0, 0.05) is 24.5 Å². The molecule has 6 heteroatoms. The number of hydrogen-bond donors (Lipinski definition) is 3. The maximum atomic E-state index is 12.5. The highest BCUT2D eigenvalue weighted by molar-refractivity contribution is 5.91. The molecule has 164 valence electrons. The van der Waals surface area contributed by atoms with Crippen molar-refractivity contribution in [3.63, 3.8) is 0 Å². The van der Waals surface area contributed by atoms with Crippen LogP contribution in [0.1, 0.15) is 5.56 Å². The van der Waals surface area contributed by atoms with E-state index in [0.29, 0.717) is 6.54 Å². The lowest BCUT2D eigenvalue weighted by atomic mass is 10.2. The molecular weight excluding hydrogens is 388 g/mol. The molecule has 2 fully saturated rings. The van der Waals surface area contributed by atoms with Crippen LogP contribution in [0.4, 0.5) is 11.4 Å². The summed E-state index contributed by atoms with van der Waals surface area (Å²) in [5.41, 5.74) is 3.31. The third-order valence-electron chi connectivity index (χ3n) is 6.12. The Morgan fingerprint density at radius 2 is 1.61 bits per heavy atom. The maximum absolute atomic E-state index is 12.5.